The summed E-state index contributed by atoms with van der Waals surface area (Å²) in [5.41, 5.74) is 5.00. The van der Waals surface area contributed by atoms with Crippen LogP contribution in [0.5, 0.6) is 0 Å². The van der Waals surface area contributed by atoms with E-state index in [9.17, 15) is 10.1 Å². The van der Waals surface area contributed by atoms with Crippen LogP contribution in [0.2, 0.25) is 0 Å². The number of aryl methyl sites for hydroxylation is 2. The third-order valence-corrected chi connectivity index (χ3v) is 5.37. The van der Waals surface area contributed by atoms with E-state index in [1.54, 1.807) is 24.8 Å². The van der Waals surface area contributed by atoms with Crippen LogP contribution in [0.25, 0.3) is 11.3 Å². The van der Waals surface area contributed by atoms with Crippen molar-refractivity contribution < 1.29 is 4.92 Å². The first-order valence-corrected chi connectivity index (χ1v) is 9.61. The number of nitrogens with zero attached hydrogens (tertiary/aromatic N) is 3. The number of rotatable bonds is 7. The maximum atomic E-state index is 11.3. The van der Waals surface area contributed by atoms with Gasteiger partial charge >= 0.3 is 0 Å². The zero-order valence-electron chi connectivity index (χ0n) is 14.9. The molecule has 0 spiro atoms. The monoisotopic (exact) mass is 367 g/mol. The molecular formula is C20H21N3O2S. The molecule has 6 heteroatoms. The highest BCUT2D eigenvalue weighted by molar-refractivity contribution is 7.98. The summed E-state index contributed by atoms with van der Waals surface area (Å²) in [5.74, 6) is 1.51. The van der Waals surface area contributed by atoms with Gasteiger partial charge in [-0.05, 0) is 13.8 Å². The van der Waals surface area contributed by atoms with Crippen molar-refractivity contribution in [2.24, 2.45) is 0 Å². The van der Waals surface area contributed by atoms with Gasteiger partial charge in [-0.3, -0.25) is 10.1 Å². The molecule has 26 heavy (non-hydrogen) atoms. The van der Waals surface area contributed by atoms with Crippen molar-refractivity contribution >= 4 is 17.4 Å². The Kier molecular flexibility index (Phi) is 5.73. The third kappa shape index (κ3) is 3.96. The van der Waals surface area contributed by atoms with E-state index < -0.39 is 0 Å². The molecule has 0 unspecified atom stereocenters. The fourth-order valence-corrected chi connectivity index (χ4v) is 3.91. The van der Waals surface area contributed by atoms with E-state index in [1.165, 1.54) is 0 Å². The van der Waals surface area contributed by atoms with Crippen molar-refractivity contribution in [1.29, 1.82) is 0 Å². The summed E-state index contributed by atoms with van der Waals surface area (Å²) in [6.45, 7) is 4.69. The molecule has 2 aromatic carbocycles. The molecule has 134 valence electrons. The minimum absolute atomic E-state index is 0.241. The Balaban J connectivity index is 1.61. The summed E-state index contributed by atoms with van der Waals surface area (Å²) in [5, 5.41) is 11.3. The second kappa shape index (κ2) is 8.19. The van der Waals surface area contributed by atoms with Gasteiger partial charge in [0.25, 0.3) is 5.69 Å². The smallest absolute Gasteiger partial charge is 0.276 e. The van der Waals surface area contributed by atoms with Gasteiger partial charge in [0.1, 0.15) is 0 Å². The molecule has 0 bridgehead atoms. The van der Waals surface area contributed by atoms with Crippen molar-refractivity contribution in [3.8, 4) is 11.3 Å². The van der Waals surface area contributed by atoms with Crippen molar-refractivity contribution in [2.75, 3.05) is 5.75 Å². The molecule has 0 N–H and O–H groups in total. The first kappa shape index (κ1) is 18.2. The van der Waals surface area contributed by atoms with E-state index in [0.29, 0.717) is 11.3 Å². The molecule has 0 saturated heterocycles. The average molecular weight is 367 g/mol. The summed E-state index contributed by atoms with van der Waals surface area (Å²) in [6.07, 6.45) is 1.87. The lowest BCUT2D eigenvalue weighted by atomic mass is 10.1. The number of aromatic nitrogens is 2. The first-order valence-electron chi connectivity index (χ1n) is 8.45. The molecule has 3 aromatic rings. The van der Waals surface area contributed by atoms with Gasteiger partial charge in [-0.1, -0.05) is 48.5 Å². The van der Waals surface area contributed by atoms with Gasteiger partial charge in [0.15, 0.2) is 0 Å². The highest BCUT2D eigenvalue weighted by Crippen LogP contribution is 2.27. The SMILES string of the molecule is Cc1cccc(CSCCn2cnc(-c3ccccc3)c2C)c1[N+](=O)[O-]. The summed E-state index contributed by atoms with van der Waals surface area (Å²) in [7, 11) is 0. The van der Waals surface area contributed by atoms with Gasteiger partial charge in [0.2, 0.25) is 0 Å². The van der Waals surface area contributed by atoms with Crippen LogP contribution in [0.1, 0.15) is 16.8 Å². The molecule has 5 nitrogen and oxygen atoms in total. The van der Waals surface area contributed by atoms with Gasteiger partial charge in [-0.2, -0.15) is 11.8 Å². The number of imidazole rings is 1. The minimum atomic E-state index is -0.280. The molecule has 0 atom stereocenters. The molecule has 1 aromatic heterocycles. The molecule has 0 fully saturated rings. The lowest BCUT2D eigenvalue weighted by Gasteiger charge is -2.08. The summed E-state index contributed by atoms with van der Waals surface area (Å²) in [4.78, 5) is 15.5. The highest BCUT2D eigenvalue weighted by Gasteiger charge is 2.16. The third-order valence-electron chi connectivity index (χ3n) is 4.38. The average Bonchev–Trinajstić information content (AvgIpc) is 3.00. The van der Waals surface area contributed by atoms with E-state index in [0.717, 1.165) is 34.8 Å². The van der Waals surface area contributed by atoms with E-state index >= 15 is 0 Å². The molecule has 0 radical (unpaired) electrons. The van der Waals surface area contributed by atoms with Gasteiger partial charge in [0.05, 0.1) is 16.9 Å². The molecule has 0 amide bonds. The van der Waals surface area contributed by atoms with Crippen LogP contribution in [0.15, 0.2) is 54.9 Å². The number of hydrogen-bond acceptors (Lipinski definition) is 4. The Hall–Kier alpha value is -2.60. The standard InChI is InChI=1S/C20H21N3O2S/c1-15-7-6-10-18(20(15)23(24)25)13-26-12-11-22-14-21-19(16(22)2)17-8-4-3-5-9-17/h3-10,14H,11-13H2,1-2H3. The second-order valence-corrected chi connectivity index (χ2v) is 7.24. The molecule has 0 saturated carbocycles. The Morgan fingerprint density at radius 1 is 1.12 bits per heavy atom. The lowest BCUT2D eigenvalue weighted by molar-refractivity contribution is -0.386. The largest absolute Gasteiger partial charge is 0.333 e. The molecule has 0 aliphatic rings. The Morgan fingerprint density at radius 2 is 1.88 bits per heavy atom. The van der Waals surface area contributed by atoms with Gasteiger partial charge < -0.3 is 4.57 Å². The summed E-state index contributed by atoms with van der Waals surface area (Å²) < 4.78 is 2.14. The van der Waals surface area contributed by atoms with Gasteiger partial charge in [-0.25, -0.2) is 4.98 Å². The quantitative estimate of drug-likeness (QED) is 0.335. The molecule has 1 heterocycles. The minimum Gasteiger partial charge on any atom is -0.333 e. The maximum Gasteiger partial charge on any atom is 0.276 e. The molecule has 3 rings (SSSR count). The van der Waals surface area contributed by atoms with Crippen LogP contribution >= 0.6 is 11.8 Å². The number of nitro benzene ring substituents is 1. The Labute approximate surface area is 157 Å². The van der Waals surface area contributed by atoms with E-state index in [-0.39, 0.29) is 10.6 Å². The number of para-hydroxylation sites is 1. The second-order valence-electron chi connectivity index (χ2n) is 6.13. The van der Waals surface area contributed by atoms with Crippen LogP contribution in [0.3, 0.4) is 0 Å². The maximum absolute atomic E-state index is 11.3. The first-order chi connectivity index (χ1) is 12.6. The van der Waals surface area contributed by atoms with E-state index in [2.05, 4.69) is 28.6 Å². The van der Waals surface area contributed by atoms with Crippen LogP contribution in [0, 0.1) is 24.0 Å². The van der Waals surface area contributed by atoms with Crippen LogP contribution < -0.4 is 0 Å². The number of hydrogen-bond donors (Lipinski definition) is 0. The highest BCUT2D eigenvalue weighted by atomic mass is 32.2. The normalized spacial score (nSPS) is 10.8. The zero-order valence-corrected chi connectivity index (χ0v) is 15.7. The van der Waals surface area contributed by atoms with Crippen LogP contribution in [-0.2, 0) is 12.3 Å². The Morgan fingerprint density at radius 3 is 2.62 bits per heavy atom. The fourth-order valence-electron chi connectivity index (χ4n) is 2.99. The summed E-state index contributed by atoms with van der Waals surface area (Å²) in [6, 6.07) is 15.6. The zero-order chi connectivity index (χ0) is 18.5. The number of benzene rings is 2. The van der Waals surface area contributed by atoms with E-state index in [1.807, 2.05) is 36.7 Å². The fraction of sp³-hybridized carbons (Fsp3) is 0.250. The molecular weight excluding hydrogens is 346 g/mol. The molecule has 0 aliphatic carbocycles. The topological polar surface area (TPSA) is 61.0 Å². The Bertz CT molecular complexity index is 907. The van der Waals surface area contributed by atoms with Gasteiger partial charge in [0, 0.05) is 40.4 Å². The van der Waals surface area contributed by atoms with Crippen molar-refractivity contribution in [3.63, 3.8) is 0 Å². The van der Waals surface area contributed by atoms with Gasteiger partial charge in [-0.15, -0.1) is 0 Å². The number of thioether (sulfide) groups is 1. The van der Waals surface area contributed by atoms with E-state index in [4.69, 9.17) is 0 Å². The number of nitro groups is 1. The van der Waals surface area contributed by atoms with Crippen LogP contribution in [0.4, 0.5) is 5.69 Å². The predicted molar refractivity (Wildman–Crippen MR) is 106 cm³/mol. The van der Waals surface area contributed by atoms with Crippen LogP contribution in [-0.4, -0.2) is 20.2 Å². The molecule has 0 aliphatic heterocycles. The van der Waals surface area contributed by atoms with Crippen molar-refractivity contribution in [3.05, 3.63) is 81.8 Å². The van der Waals surface area contributed by atoms with Crippen molar-refractivity contribution in [1.82, 2.24) is 9.55 Å². The lowest BCUT2D eigenvalue weighted by Crippen LogP contribution is -2.02. The predicted octanol–water partition coefficient (Wildman–Crippen LogP) is 5.01. The van der Waals surface area contributed by atoms with Crippen molar-refractivity contribution in [2.45, 2.75) is 26.1 Å². The summed E-state index contributed by atoms with van der Waals surface area (Å²) >= 11 is 1.70.